The summed E-state index contributed by atoms with van der Waals surface area (Å²) in [5.74, 6) is 0.885. The topological polar surface area (TPSA) is 85.3 Å². The van der Waals surface area contributed by atoms with E-state index >= 15 is 0 Å². The minimum Gasteiger partial charge on any atom is -0.466 e. The number of hydrogen-bond acceptors (Lipinski definition) is 3. The summed E-state index contributed by atoms with van der Waals surface area (Å²) < 4.78 is 5.41. The van der Waals surface area contributed by atoms with Gasteiger partial charge in [-0.1, -0.05) is 6.07 Å². The van der Waals surface area contributed by atoms with Crippen LogP contribution in [0.15, 0.2) is 40.8 Å². The van der Waals surface area contributed by atoms with E-state index in [2.05, 4.69) is 5.32 Å². The first-order valence-electron chi connectivity index (χ1n) is 6.29. The van der Waals surface area contributed by atoms with E-state index in [9.17, 15) is 9.59 Å². The van der Waals surface area contributed by atoms with Crippen LogP contribution < -0.4 is 11.1 Å². The van der Waals surface area contributed by atoms with Crippen molar-refractivity contribution in [1.82, 2.24) is 5.32 Å². The molecule has 0 fully saturated rings. The normalized spacial score (nSPS) is 10.2. The molecule has 2 amide bonds. The zero-order valence-electron chi connectivity index (χ0n) is 11.2. The van der Waals surface area contributed by atoms with E-state index in [0.29, 0.717) is 24.1 Å². The number of aryl methyl sites for hydroxylation is 1. The Hall–Kier alpha value is -2.56. The predicted octanol–water partition coefficient (Wildman–Crippen LogP) is 1.66. The fourth-order valence-electron chi connectivity index (χ4n) is 1.83. The van der Waals surface area contributed by atoms with Gasteiger partial charge >= 0.3 is 0 Å². The van der Waals surface area contributed by atoms with Crippen LogP contribution in [0.1, 0.15) is 32.2 Å². The molecule has 20 heavy (non-hydrogen) atoms. The second-order valence-corrected chi connectivity index (χ2v) is 4.46. The average molecular weight is 272 g/mol. The summed E-state index contributed by atoms with van der Waals surface area (Å²) >= 11 is 0. The summed E-state index contributed by atoms with van der Waals surface area (Å²) in [6.07, 6.45) is 0.620. The van der Waals surface area contributed by atoms with Gasteiger partial charge in [0.25, 0.3) is 5.91 Å². The van der Waals surface area contributed by atoms with Gasteiger partial charge in [-0.05, 0) is 37.3 Å². The molecule has 0 spiro atoms. The van der Waals surface area contributed by atoms with Gasteiger partial charge in [-0.15, -0.1) is 0 Å². The quantitative estimate of drug-likeness (QED) is 0.868. The third kappa shape index (κ3) is 3.47. The smallest absolute Gasteiger partial charge is 0.251 e. The molecule has 3 N–H and O–H groups in total. The monoisotopic (exact) mass is 272 g/mol. The molecule has 0 bridgehead atoms. The van der Waals surface area contributed by atoms with Crippen molar-refractivity contribution in [2.75, 3.05) is 6.54 Å². The lowest BCUT2D eigenvalue weighted by Gasteiger charge is -2.05. The average Bonchev–Trinajstić information content (AvgIpc) is 2.84. The summed E-state index contributed by atoms with van der Waals surface area (Å²) in [4.78, 5) is 23.0. The van der Waals surface area contributed by atoms with Crippen LogP contribution in [-0.2, 0) is 6.42 Å². The summed E-state index contributed by atoms with van der Waals surface area (Å²) in [6.45, 7) is 2.34. The molecule has 2 aromatic rings. The van der Waals surface area contributed by atoms with Crippen LogP contribution in [0.25, 0.3) is 0 Å². The molecule has 5 heteroatoms. The minimum atomic E-state index is -0.550. The molecule has 1 aromatic carbocycles. The first-order chi connectivity index (χ1) is 9.56. The Labute approximate surface area is 116 Å². The lowest BCUT2D eigenvalue weighted by atomic mass is 10.1. The molecule has 104 valence electrons. The minimum absolute atomic E-state index is 0.239. The highest BCUT2D eigenvalue weighted by Crippen LogP contribution is 2.07. The van der Waals surface area contributed by atoms with E-state index < -0.39 is 5.91 Å². The van der Waals surface area contributed by atoms with Crippen molar-refractivity contribution in [1.29, 1.82) is 0 Å². The van der Waals surface area contributed by atoms with Gasteiger partial charge in [0.1, 0.15) is 11.5 Å². The van der Waals surface area contributed by atoms with E-state index in [1.165, 1.54) is 6.07 Å². The van der Waals surface area contributed by atoms with Crippen LogP contribution in [0.4, 0.5) is 0 Å². The summed E-state index contributed by atoms with van der Waals surface area (Å²) in [7, 11) is 0. The van der Waals surface area contributed by atoms with Gasteiger partial charge in [-0.2, -0.15) is 0 Å². The zero-order valence-corrected chi connectivity index (χ0v) is 11.2. The van der Waals surface area contributed by atoms with Gasteiger partial charge in [-0.3, -0.25) is 9.59 Å². The number of furan rings is 1. The summed E-state index contributed by atoms with van der Waals surface area (Å²) in [5.41, 5.74) is 5.91. The molecule has 1 heterocycles. The first kappa shape index (κ1) is 13.9. The van der Waals surface area contributed by atoms with Gasteiger partial charge in [0.2, 0.25) is 5.91 Å². The van der Waals surface area contributed by atoms with Crippen molar-refractivity contribution in [3.8, 4) is 0 Å². The Morgan fingerprint density at radius 1 is 1.20 bits per heavy atom. The van der Waals surface area contributed by atoms with E-state index in [1.807, 2.05) is 19.1 Å². The number of carbonyl (C=O) groups excluding carboxylic acids is 2. The molecular formula is C15H16N2O3. The second kappa shape index (κ2) is 6.06. The fourth-order valence-corrected chi connectivity index (χ4v) is 1.83. The van der Waals surface area contributed by atoms with Crippen molar-refractivity contribution in [2.24, 2.45) is 5.73 Å². The van der Waals surface area contributed by atoms with Crippen LogP contribution in [0.5, 0.6) is 0 Å². The van der Waals surface area contributed by atoms with Crippen molar-refractivity contribution in [3.63, 3.8) is 0 Å². The maximum atomic E-state index is 11.9. The van der Waals surface area contributed by atoms with Crippen LogP contribution >= 0.6 is 0 Å². The number of nitrogens with one attached hydrogen (secondary N) is 1. The SMILES string of the molecule is Cc1ccc(CCNC(=O)c2cccc(C(N)=O)c2)o1. The van der Waals surface area contributed by atoms with E-state index in [0.717, 1.165) is 11.5 Å². The van der Waals surface area contributed by atoms with E-state index in [-0.39, 0.29) is 5.91 Å². The number of rotatable bonds is 5. The molecule has 1 aromatic heterocycles. The molecule has 2 rings (SSSR count). The Kier molecular flexibility index (Phi) is 4.20. The molecule has 0 aliphatic carbocycles. The van der Waals surface area contributed by atoms with Crippen molar-refractivity contribution in [3.05, 3.63) is 59.0 Å². The maximum Gasteiger partial charge on any atom is 0.251 e. The Bertz CT molecular complexity index is 632. The number of benzene rings is 1. The maximum absolute atomic E-state index is 11.9. The fraction of sp³-hybridized carbons (Fsp3) is 0.200. The number of primary amides is 1. The molecule has 0 aliphatic heterocycles. The highest BCUT2D eigenvalue weighted by atomic mass is 16.3. The lowest BCUT2D eigenvalue weighted by Crippen LogP contribution is -2.26. The standard InChI is InChI=1S/C15H16N2O3/c1-10-5-6-13(20-10)7-8-17-15(19)12-4-2-3-11(9-12)14(16)18/h2-6,9H,7-8H2,1H3,(H2,16,18)(H,17,19). The van der Waals surface area contributed by atoms with Gasteiger partial charge in [0, 0.05) is 24.1 Å². The zero-order chi connectivity index (χ0) is 14.5. The van der Waals surface area contributed by atoms with Gasteiger partial charge in [0.15, 0.2) is 0 Å². The number of amides is 2. The summed E-state index contributed by atoms with van der Waals surface area (Å²) in [5, 5.41) is 2.77. The number of hydrogen-bond donors (Lipinski definition) is 2. The van der Waals surface area contributed by atoms with Crippen LogP contribution in [0.2, 0.25) is 0 Å². The van der Waals surface area contributed by atoms with Gasteiger partial charge in [-0.25, -0.2) is 0 Å². The molecule has 0 saturated heterocycles. The van der Waals surface area contributed by atoms with E-state index in [4.69, 9.17) is 10.2 Å². The Morgan fingerprint density at radius 3 is 2.60 bits per heavy atom. The summed E-state index contributed by atoms with van der Waals surface area (Å²) in [6, 6.07) is 10.1. The Balaban J connectivity index is 1.91. The predicted molar refractivity (Wildman–Crippen MR) is 74.4 cm³/mol. The van der Waals surface area contributed by atoms with Crippen molar-refractivity contribution >= 4 is 11.8 Å². The van der Waals surface area contributed by atoms with Crippen LogP contribution in [0.3, 0.4) is 0 Å². The Morgan fingerprint density at radius 2 is 1.95 bits per heavy atom. The largest absolute Gasteiger partial charge is 0.466 e. The third-order valence-electron chi connectivity index (χ3n) is 2.86. The highest BCUT2D eigenvalue weighted by Gasteiger charge is 2.08. The van der Waals surface area contributed by atoms with Crippen molar-refractivity contribution in [2.45, 2.75) is 13.3 Å². The first-order valence-corrected chi connectivity index (χ1v) is 6.29. The number of carbonyl (C=O) groups is 2. The van der Waals surface area contributed by atoms with Crippen LogP contribution in [-0.4, -0.2) is 18.4 Å². The van der Waals surface area contributed by atoms with Crippen LogP contribution in [0, 0.1) is 6.92 Å². The molecular weight excluding hydrogens is 256 g/mol. The molecule has 0 saturated carbocycles. The van der Waals surface area contributed by atoms with Crippen molar-refractivity contribution < 1.29 is 14.0 Å². The van der Waals surface area contributed by atoms with Gasteiger partial charge < -0.3 is 15.5 Å². The third-order valence-corrected chi connectivity index (χ3v) is 2.86. The molecule has 0 unspecified atom stereocenters. The lowest BCUT2D eigenvalue weighted by molar-refractivity contribution is 0.0953. The molecule has 0 atom stereocenters. The van der Waals surface area contributed by atoms with Gasteiger partial charge in [0.05, 0.1) is 0 Å². The number of nitrogens with two attached hydrogens (primary N) is 1. The molecule has 0 aliphatic rings. The second-order valence-electron chi connectivity index (χ2n) is 4.46. The molecule has 5 nitrogen and oxygen atoms in total. The van der Waals surface area contributed by atoms with E-state index in [1.54, 1.807) is 18.2 Å². The highest BCUT2D eigenvalue weighted by molar-refractivity contribution is 5.99. The molecule has 0 radical (unpaired) electrons.